The minimum absolute atomic E-state index is 0.883. The Hall–Kier alpha value is -0.803. The van der Waals surface area contributed by atoms with Crippen molar-refractivity contribution in [3.8, 4) is 0 Å². The molecule has 1 aromatic carbocycles. The summed E-state index contributed by atoms with van der Waals surface area (Å²) in [6.45, 7) is 9.57. The molecule has 0 heterocycles. The summed E-state index contributed by atoms with van der Waals surface area (Å²) in [6, 6.07) is 10.2. The van der Waals surface area contributed by atoms with Crippen molar-refractivity contribution in [1.29, 1.82) is 0 Å². The highest BCUT2D eigenvalue weighted by Gasteiger charge is 2.19. The van der Waals surface area contributed by atoms with Gasteiger partial charge in [0.15, 0.2) is 0 Å². The van der Waals surface area contributed by atoms with Gasteiger partial charge in [-0.1, -0.05) is 18.2 Å². The molecule has 1 aromatic rings. The van der Waals surface area contributed by atoms with Crippen LogP contribution < -0.4 is 5.06 Å². The van der Waals surface area contributed by atoms with Crippen molar-refractivity contribution in [1.82, 2.24) is 0 Å². The zero-order chi connectivity index (χ0) is 10.6. The van der Waals surface area contributed by atoms with Gasteiger partial charge in [-0.2, -0.15) is 0 Å². The number of rotatable bonds is 4. The minimum Gasteiger partial charge on any atom is -0.320 e. The molecule has 0 N–H and O–H groups in total. The molecule has 0 atom stereocenters. The molecule has 0 aliphatic carbocycles. The second kappa shape index (κ2) is 4.62. The van der Waals surface area contributed by atoms with E-state index in [2.05, 4.69) is 38.7 Å². The fourth-order valence-corrected chi connectivity index (χ4v) is 2.12. The highest BCUT2D eigenvalue weighted by Crippen LogP contribution is 2.16. The smallest absolute Gasteiger partial charge is 0.220 e. The Bertz CT molecular complexity index is 268. The predicted octanol–water partition coefficient (Wildman–Crippen LogP) is 3.28. The molecule has 0 aliphatic rings. The second-order valence-electron chi connectivity index (χ2n) is 4.23. The van der Waals surface area contributed by atoms with Crippen molar-refractivity contribution in [3.63, 3.8) is 0 Å². The van der Waals surface area contributed by atoms with E-state index in [1.807, 2.05) is 23.3 Å². The first-order valence-electron chi connectivity index (χ1n) is 5.04. The topological polar surface area (TPSA) is 12.5 Å². The van der Waals surface area contributed by atoms with Gasteiger partial charge in [0, 0.05) is 6.54 Å². The molecule has 0 fully saturated rings. The van der Waals surface area contributed by atoms with Crippen LogP contribution in [0.15, 0.2) is 30.3 Å². The summed E-state index contributed by atoms with van der Waals surface area (Å²) < 4.78 is 5.95. The summed E-state index contributed by atoms with van der Waals surface area (Å²) in [6.07, 6.45) is 0. The molecular weight excluding hydrogens is 190 g/mol. The van der Waals surface area contributed by atoms with Crippen LogP contribution in [0.3, 0.4) is 0 Å². The summed E-state index contributed by atoms with van der Waals surface area (Å²) in [5.74, 6) is 0. The number of hydrogen-bond acceptors (Lipinski definition) is 2. The van der Waals surface area contributed by atoms with Gasteiger partial charge in [-0.05, 0) is 38.7 Å². The largest absolute Gasteiger partial charge is 0.320 e. The molecule has 2 nitrogen and oxygen atoms in total. The van der Waals surface area contributed by atoms with Gasteiger partial charge in [0.05, 0.1) is 5.69 Å². The zero-order valence-electron chi connectivity index (χ0n) is 9.45. The lowest BCUT2D eigenvalue weighted by Crippen LogP contribution is -2.37. The van der Waals surface area contributed by atoms with Crippen molar-refractivity contribution in [2.75, 3.05) is 11.6 Å². The average molecular weight is 209 g/mol. The van der Waals surface area contributed by atoms with Crippen LogP contribution in [0.5, 0.6) is 0 Å². The van der Waals surface area contributed by atoms with Gasteiger partial charge in [0.2, 0.25) is 8.32 Å². The van der Waals surface area contributed by atoms with Gasteiger partial charge in [-0.3, -0.25) is 5.06 Å². The Labute approximate surface area is 87.6 Å². The lowest BCUT2D eigenvalue weighted by molar-refractivity contribution is 0.278. The highest BCUT2D eigenvalue weighted by atomic mass is 28.4. The molecule has 1 rings (SSSR count). The molecule has 0 saturated heterocycles. The maximum absolute atomic E-state index is 5.95. The van der Waals surface area contributed by atoms with Crippen LogP contribution in [0.4, 0.5) is 5.69 Å². The molecule has 0 unspecified atom stereocenters. The van der Waals surface area contributed by atoms with Crippen LogP contribution in [0.2, 0.25) is 19.6 Å². The monoisotopic (exact) mass is 209 g/mol. The third-order valence-electron chi connectivity index (χ3n) is 1.72. The van der Waals surface area contributed by atoms with Gasteiger partial charge in [0.25, 0.3) is 0 Å². The minimum atomic E-state index is -1.50. The maximum atomic E-state index is 5.95. The first kappa shape index (κ1) is 11.3. The normalized spacial score (nSPS) is 11.4. The molecule has 78 valence electrons. The van der Waals surface area contributed by atoms with E-state index >= 15 is 0 Å². The highest BCUT2D eigenvalue weighted by molar-refractivity contribution is 6.69. The van der Waals surface area contributed by atoms with E-state index in [1.54, 1.807) is 0 Å². The van der Waals surface area contributed by atoms with Crippen molar-refractivity contribution in [3.05, 3.63) is 30.3 Å². The van der Waals surface area contributed by atoms with Crippen LogP contribution >= 0.6 is 0 Å². The molecule has 3 heteroatoms. The predicted molar refractivity (Wildman–Crippen MR) is 63.9 cm³/mol. The molecule has 0 spiro atoms. The van der Waals surface area contributed by atoms with Crippen molar-refractivity contribution < 1.29 is 4.53 Å². The average Bonchev–Trinajstić information content (AvgIpc) is 2.14. The summed E-state index contributed by atoms with van der Waals surface area (Å²) in [5, 5.41) is 1.98. The number of para-hydroxylation sites is 1. The van der Waals surface area contributed by atoms with Crippen LogP contribution in [0, 0.1) is 0 Å². The van der Waals surface area contributed by atoms with Gasteiger partial charge < -0.3 is 4.53 Å². The Morgan fingerprint density at radius 2 is 1.71 bits per heavy atom. The Morgan fingerprint density at radius 3 is 2.14 bits per heavy atom. The third-order valence-corrected chi connectivity index (χ3v) is 2.48. The molecule has 0 aliphatic heterocycles. The standard InChI is InChI=1S/C11H19NOSi/c1-5-12(13-14(2,3)4)11-9-7-6-8-10-11/h6-10H,5H2,1-4H3. The van der Waals surface area contributed by atoms with Crippen LogP contribution in [-0.4, -0.2) is 14.9 Å². The van der Waals surface area contributed by atoms with Crippen molar-refractivity contribution in [2.45, 2.75) is 26.6 Å². The summed E-state index contributed by atoms with van der Waals surface area (Å²) in [5.41, 5.74) is 1.14. The van der Waals surface area contributed by atoms with E-state index < -0.39 is 8.32 Å². The molecule has 0 bridgehead atoms. The van der Waals surface area contributed by atoms with Gasteiger partial charge in [0.1, 0.15) is 0 Å². The number of anilines is 1. The van der Waals surface area contributed by atoms with E-state index in [4.69, 9.17) is 4.53 Å². The maximum Gasteiger partial charge on any atom is 0.220 e. The van der Waals surface area contributed by atoms with Gasteiger partial charge in [-0.25, -0.2) is 0 Å². The van der Waals surface area contributed by atoms with Gasteiger partial charge >= 0.3 is 0 Å². The third kappa shape index (κ3) is 3.52. The Morgan fingerprint density at radius 1 is 1.14 bits per heavy atom. The molecule has 0 saturated carbocycles. The Kier molecular flexibility index (Phi) is 3.72. The molecule has 0 radical (unpaired) electrons. The first-order chi connectivity index (χ1) is 6.53. The zero-order valence-corrected chi connectivity index (χ0v) is 10.4. The lowest BCUT2D eigenvalue weighted by atomic mass is 10.3. The van der Waals surface area contributed by atoms with Crippen LogP contribution in [0.25, 0.3) is 0 Å². The lowest BCUT2D eigenvalue weighted by Gasteiger charge is -2.29. The van der Waals surface area contributed by atoms with Gasteiger partial charge in [-0.15, -0.1) is 0 Å². The molecule has 14 heavy (non-hydrogen) atoms. The van der Waals surface area contributed by atoms with Crippen molar-refractivity contribution >= 4 is 14.0 Å². The van der Waals surface area contributed by atoms with E-state index in [0.29, 0.717) is 0 Å². The van der Waals surface area contributed by atoms with Crippen LogP contribution in [-0.2, 0) is 4.53 Å². The fourth-order valence-electron chi connectivity index (χ4n) is 1.22. The molecule has 0 amide bonds. The summed E-state index contributed by atoms with van der Waals surface area (Å²) in [4.78, 5) is 0. The first-order valence-corrected chi connectivity index (χ1v) is 8.45. The van der Waals surface area contributed by atoms with Crippen molar-refractivity contribution in [2.24, 2.45) is 0 Å². The summed E-state index contributed by atoms with van der Waals surface area (Å²) >= 11 is 0. The van der Waals surface area contributed by atoms with E-state index in [1.165, 1.54) is 0 Å². The number of hydroxylamine groups is 1. The Balaban J connectivity index is 2.73. The summed E-state index contributed by atoms with van der Waals surface area (Å²) in [7, 11) is -1.50. The number of nitrogens with zero attached hydrogens (tertiary/aromatic N) is 1. The SMILES string of the molecule is CCN(O[Si](C)(C)C)c1ccccc1. The second-order valence-corrected chi connectivity index (χ2v) is 8.64. The molecular formula is C11H19NOSi. The van der Waals surface area contributed by atoms with E-state index in [0.717, 1.165) is 12.2 Å². The fraction of sp³-hybridized carbons (Fsp3) is 0.455. The number of benzene rings is 1. The van der Waals surface area contributed by atoms with E-state index in [9.17, 15) is 0 Å². The quantitative estimate of drug-likeness (QED) is 0.557. The van der Waals surface area contributed by atoms with E-state index in [-0.39, 0.29) is 0 Å². The van der Waals surface area contributed by atoms with Crippen LogP contribution in [0.1, 0.15) is 6.92 Å². The molecule has 0 aromatic heterocycles. The number of hydrogen-bond donors (Lipinski definition) is 0.